The summed E-state index contributed by atoms with van der Waals surface area (Å²) in [5.74, 6) is -1.22. The lowest BCUT2D eigenvalue weighted by Crippen LogP contribution is -2.26. The van der Waals surface area contributed by atoms with E-state index in [0.717, 1.165) is 17.4 Å². The average Bonchev–Trinajstić information content (AvgIpc) is 2.94. The molecule has 0 saturated heterocycles. The fourth-order valence-electron chi connectivity index (χ4n) is 3.79. The van der Waals surface area contributed by atoms with Crippen molar-refractivity contribution in [3.63, 3.8) is 0 Å². The second-order valence-corrected chi connectivity index (χ2v) is 11.5. The van der Waals surface area contributed by atoms with Crippen LogP contribution in [-0.2, 0) is 38.9 Å². The Kier molecular flexibility index (Phi) is 11.1. The molecule has 0 aliphatic rings. The third-order valence-corrected chi connectivity index (χ3v) is 6.70. The number of ketones is 1. The molecule has 1 aromatic carbocycles. The average molecular weight is 633 g/mol. The van der Waals surface area contributed by atoms with Gasteiger partial charge >= 0.3 is 6.18 Å². The number of halogens is 3. The summed E-state index contributed by atoms with van der Waals surface area (Å²) in [5, 5.41) is 11.6. The maximum atomic E-state index is 13.8. The molecule has 3 N–H and O–H groups in total. The Bertz CT molecular complexity index is 1640. The Hall–Kier alpha value is -4.86. The van der Waals surface area contributed by atoms with Crippen LogP contribution < -0.4 is 20.4 Å². The molecule has 12 nitrogen and oxygen atoms in total. The number of benzene rings is 1. The van der Waals surface area contributed by atoms with Crippen molar-refractivity contribution in [2.75, 3.05) is 21.3 Å². The first-order valence-electron chi connectivity index (χ1n) is 13.1. The largest absolute Gasteiger partial charge is 0.421 e. The number of hydrazone groups is 1. The summed E-state index contributed by atoms with van der Waals surface area (Å²) in [6.07, 6.45) is -0.299. The third kappa shape index (κ3) is 9.86. The van der Waals surface area contributed by atoms with Crippen LogP contribution in [-0.4, -0.2) is 48.0 Å². The molecule has 0 atom stereocenters. The van der Waals surface area contributed by atoms with Gasteiger partial charge < -0.3 is 16.0 Å². The molecule has 3 aromatic rings. The number of nitrogens with one attached hydrogen (secondary N) is 3. The quantitative estimate of drug-likeness (QED) is 0.132. The number of aromatic nitrogens is 3. The fraction of sp³-hybridized carbons (Fsp3) is 0.286. The summed E-state index contributed by atoms with van der Waals surface area (Å²) in [5.41, 5.74) is 1.16. The van der Waals surface area contributed by atoms with Gasteiger partial charge in [0.1, 0.15) is 11.4 Å². The minimum Gasteiger partial charge on any atom is -0.365 e. The van der Waals surface area contributed by atoms with Gasteiger partial charge in [-0.25, -0.2) is 18.4 Å². The first kappa shape index (κ1) is 33.6. The molecule has 2 aromatic heterocycles. The van der Waals surface area contributed by atoms with Crippen LogP contribution in [0.2, 0.25) is 0 Å². The second-order valence-electron chi connectivity index (χ2n) is 9.73. The lowest BCUT2D eigenvalue weighted by Gasteiger charge is -2.19. The smallest absolute Gasteiger partial charge is 0.365 e. The number of amides is 1. The monoisotopic (exact) mass is 632 g/mol. The molecule has 0 fully saturated rings. The van der Waals surface area contributed by atoms with Gasteiger partial charge in [0.05, 0.1) is 6.26 Å². The number of nitrogens with zero attached hydrogens (tertiary/aromatic N) is 5. The Morgan fingerprint density at radius 1 is 1.07 bits per heavy atom. The van der Waals surface area contributed by atoms with Crippen molar-refractivity contribution in [1.82, 2.24) is 20.3 Å². The Morgan fingerprint density at radius 2 is 1.77 bits per heavy atom. The predicted molar refractivity (Wildman–Crippen MR) is 161 cm³/mol. The maximum Gasteiger partial charge on any atom is 0.421 e. The van der Waals surface area contributed by atoms with Crippen LogP contribution in [0.5, 0.6) is 0 Å². The van der Waals surface area contributed by atoms with Gasteiger partial charge in [-0.1, -0.05) is 23.8 Å². The van der Waals surface area contributed by atoms with E-state index < -0.39 is 27.6 Å². The molecule has 0 bridgehead atoms. The molecule has 0 aliphatic carbocycles. The normalized spacial score (nSPS) is 11.3. The van der Waals surface area contributed by atoms with Gasteiger partial charge in [0.25, 0.3) is 10.0 Å². The van der Waals surface area contributed by atoms with E-state index in [1.807, 2.05) is 0 Å². The van der Waals surface area contributed by atoms with Gasteiger partial charge in [0.2, 0.25) is 11.9 Å². The number of hydrogen-bond donors (Lipinski definition) is 3. The van der Waals surface area contributed by atoms with E-state index in [1.165, 1.54) is 24.4 Å². The molecule has 3 rings (SSSR count). The first-order chi connectivity index (χ1) is 20.7. The van der Waals surface area contributed by atoms with Crippen molar-refractivity contribution in [3.8, 4) is 0 Å². The minimum atomic E-state index is -4.79. The molecule has 1 amide bonds. The number of allylic oxidation sites excluding steroid dienone is 2. The van der Waals surface area contributed by atoms with Crippen LogP contribution in [0, 0.1) is 0 Å². The molecule has 44 heavy (non-hydrogen) atoms. The first-order valence-corrected chi connectivity index (χ1v) is 14.9. The van der Waals surface area contributed by atoms with Gasteiger partial charge in [-0.05, 0) is 43.7 Å². The number of alkyl halides is 3. The summed E-state index contributed by atoms with van der Waals surface area (Å²) in [6, 6.07) is 9.64. The summed E-state index contributed by atoms with van der Waals surface area (Å²) >= 11 is 0. The number of sulfonamides is 1. The van der Waals surface area contributed by atoms with Crippen LogP contribution in [0.3, 0.4) is 0 Å². The number of rotatable bonds is 14. The number of hydrogen-bond acceptors (Lipinski definition) is 10. The fourth-order valence-corrected chi connectivity index (χ4v) is 4.48. The molecule has 0 radical (unpaired) electrons. The van der Waals surface area contributed by atoms with E-state index in [-0.39, 0.29) is 55.0 Å². The third-order valence-electron chi connectivity index (χ3n) is 5.78. The van der Waals surface area contributed by atoms with Crippen molar-refractivity contribution in [3.05, 3.63) is 77.1 Å². The van der Waals surface area contributed by atoms with Crippen LogP contribution in [0.1, 0.15) is 43.4 Å². The highest BCUT2D eigenvalue weighted by Crippen LogP contribution is 2.34. The van der Waals surface area contributed by atoms with Gasteiger partial charge in [0, 0.05) is 56.3 Å². The van der Waals surface area contributed by atoms with Gasteiger partial charge in [-0.15, -0.1) is 4.41 Å². The number of pyridine rings is 1. The molecule has 16 heteroatoms. The maximum absolute atomic E-state index is 13.8. The Balaban J connectivity index is 1.70. The second kappa shape index (κ2) is 14.5. The van der Waals surface area contributed by atoms with Crippen molar-refractivity contribution in [2.45, 2.75) is 46.0 Å². The molecule has 0 spiro atoms. The highest BCUT2D eigenvalue weighted by atomic mass is 32.2. The molecule has 2 heterocycles. The van der Waals surface area contributed by atoms with E-state index in [2.05, 4.69) is 42.7 Å². The predicted octanol–water partition coefficient (Wildman–Crippen LogP) is 4.56. The molecular formula is C28H31F3N8O4S. The lowest BCUT2D eigenvalue weighted by atomic mass is 10.1. The van der Waals surface area contributed by atoms with Crippen LogP contribution in [0.4, 0.5) is 36.4 Å². The summed E-state index contributed by atoms with van der Waals surface area (Å²) in [7, 11) is -3.90. The van der Waals surface area contributed by atoms with Gasteiger partial charge in [0.15, 0.2) is 11.6 Å². The van der Waals surface area contributed by atoms with Crippen molar-refractivity contribution in [2.24, 2.45) is 5.10 Å². The highest BCUT2D eigenvalue weighted by Gasteiger charge is 2.35. The highest BCUT2D eigenvalue weighted by molar-refractivity contribution is 7.92. The summed E-state index contributed by atoms with van der Waals surface area (Å²) in [4.78, 5) is 35.6. The van der Waals surface area contributed by atoms with E-state index in [4.69, 9.17) is 0 Å². The number of anilines is 4. The van der Waals surface area contributed by atoms with Crippen molar-refractivity contribution >= 4 is 51.7 Å². The van der Waals surface area contributed by atoms with Crippen LogP contribution in [0.25, 0.3) is 0 Å². The topological polar surface area (TPSA) is 159 Å². The summed E-state index contributed by atoms with van der Waals surface area (Å²) in [6.45, 7) is 6.77. The van der Waals surface area contributed by atoms with Crippen molar-refractivity contribution < 1.29 is 31.2 Å². The van der Waals surface area contributed by atoms with Gasteiger partial charge in [-0.2, -0.15) is 23.3 Å². The zero-order valence-electron chi connectivity index (χ0n) is 24.1. The zero-order chi connectivity index (χ0) is 32.5. The molecule has 0 aliphatic heterocycles. The molecule has 234 valence electrons. The Morgan fingerprint density at radius 3 is 2.39 bits per heavy atom. The number of carbonyl (C=O) groups excluding carboxylic acids is 2. The van der Waals surface area contributed by atoms with E-state index in [9.17, 15) is 31.2 Å². The van der Waals surface area contributed by atoms with Crippen LogP contribution >= 0.6 is 0 Å². The van der Waals surface area contributed by atoms with Crippen LogP contribution in [0.15, 0.2) is 65.5 Å². The SMILES string of the molecule is C=NN(c1ncccc1CNc1nc(Nc2ccc(CNC(=O)CCC(=O)C=C(C)C)cc2)ncc1C(F)(F)F)S(C)(=O)=O. The van der Waals surface area contributed by atoms with Gasteiger partial charge in [-0.3, -0.25) is 9.59 Å². The van der Waals surface area contributed by atoms with E-state index in [1.54, 1.807) is 38.1 Å². The zero-order valence-corrected chi connectivity index (χ0v) is 25.0. The minimum absolute atomic E-state index is 0.0626. The molecular weight excluding hydrogens is 601 g/mol. The molecule has 0 unspecified atom stereocenters. The van der Waals surface area contributed by atoms with E-state index >= 15 is 0 Å². The number of carbonyl (C=O) groups is 2. The van der Waals surface area contributed by atoms with Crippen molar-refractivity contribution in [1.29, 1.82) is 0 Å². The lowest BCUT2D eigenvalue weighted by molar-refractivity contribution is -0.137. The van der Waals surface area contributed by atoms with E-state index in [0.29, 0.717) is 16.3 Å². The standard InChI is InChI=1S/C28H31F3N8O4S/c1-18(2)14-22(40)11-12-24(41)34-15-19-7-9-21(10-8-19)37-27-36-17-23(28(29,30)31)25(38-27)35-16-20-6-5-13-33-26(20)39(32-3)44(4,42)43/h5-10,13-14,17H,3,11-12,15-16H2,1-2,4H3,(H,34,41)(H2,35,36,37,38). The summed E-state index contributed by atoms with van der Waals surface area (Å²) < 4.78 is 66.0. The molecule has 0 saturated carbocycles. The Labute approximate surface area is 252 Å².